The molecule has 0 spiro atoms. The number of carbonyl (C=O) groups is 1. The number of ether oxygens (including phenoxy) is 2. The van der Waals surface area contributed by atoms with Gasteiger partial charge in [0.25, 0.3) is 5.91 Å². The molecule has 3 saturated heterocycles. The summed E-state index contributed by atoms with van der Waals surface area (Å²) < 4.78 is 11.5. The third-order valence-electron chi connectivity index (χ3n) is 5.79. The van der Waals surface area contributed by atoms with Gasteiger partial charge in [-0.15, -0.1) is 0 Å². The number of hydrogen-bond donors (Lipinski definition) is 0. The number of piperidine rings is 1. The van der Waals surface area contributed by atoms with Crippen LogP contribution in [0.5, 0.6) is 0 Å². The summed E-state index contributed by atoms with van der Waals surface area (Å²) >= 11 is 0. The van der Waals surface area contributed by atoms with Crippen LogP contribution in [0.15, 0.2) is 30.3 Å². The zero-order valence-electron chi connectivity index (χ0n) is 14.8. The first-order valence-electron chi connectivity index (χ1n) is 9.58. The Morgan fingerprint density at radius 1 is 1.12 bits per heavy atom. The average molecular weight is 344 g/mol. The molecule has 3 aliphatic rings. The zero-order chi connectivity index (χ0) is 17.1. The summed E-state index contributed by atoms with van der Waals surface area (Å²) in [5.74, 6) is 0.719. The molecule has 1 amide bonds. The van der Waals surface area contributed by atoms with Crippen LogP contribution in [-0.2, 0) is 20.7 Å². The van der Waals surface area contributed by atoms with Gasteiger partial charge in [0.15, 0.2) is 0 Å². The fraction of sp³-hybridized carbons (Fsp3) is 0.650. The second-order valence-corrected chi connectivity index (χ2v) is 7.42. The highest BCUT2D eigenvalue weighted by Crippen LogP contribution is 2.34. The van der Waals surface area contributed by atoms with E-state index in [1.54, 1.807) is 0 Å². The highest BCUT2D eigenvalue weighted by molar-refractivity contribution is 5.81. The van der Waals surface area contributed by atoms with Crippen LogP contribution in [0.4, 0.5) is 0 Å². The maximum absolute atomic E-state index is 12.7. The van der Waals surface area contributed by atoms with Gasteiger partial charge in [-0.25, -0.2) is 0 Å². The molecule has 0 bridgehead atoms. The number of likely N-dealkylation sites (tertiary alicyclic amines) is 1. The first-order valence-corrected chi connectivity index (χ1v) is 9.58. The minimum Gasteiger partial charge on any atom is -0.378 e. The van der Waals surface area contributed by atoms with Crippen molar-refractivity contribution >= 4 is 5.91 Å². The zero-order valence-corrected chi connectivity index (χ0v) is 14.8. The van der Waals surface area contributed by atoms with Gasteiger partial charge in [0.2, 0.25) is 0 Å². The van der Waals surface area contributed by atoms with Gasteiger partial charge in [0, 0.05) is 26.2 Å². The topological polar surface area (TPSA) is 42.0 Å². The van der Waals surface area contributed by atoms with Crippen LogP contribution in [0.3, 0.4) is 0 Å². The molecule has 5 heteroatoms. The molecule has 3 fully saturated rings. The van der Waals surface area contributed by atoms with E-state index in [4.69, 9.17) is 9.47 Å². The number of benzene rings is 1. The van der Waals surface area contributed by atoms with Gasteiger partial charge in [-0.3, -0.25) is 4.79 Å². The summed E-state index contributed by atoms with van der Waals surface area (Å²) in [5.41, 5.74) is 1.39. The van der Waals surface area contributed by atoms with E-state index in [9.17, 15) is 4.79 Å². The number of amides is 1. The summed E-state index contributed by atoms with van der Waals surface area (Å²) in [7, 11) is 0. The normalized spacial score (nSPS) is 30.2. The highest BCUT2D eigenvalue weighted by Gasteiger charge is 2.43. The Hall–Kier alpha value is -1.43. The summed E-state index contributed by atoms with van der Waals surface area (Å²) in [4.78, 5) is 17.1. The van der Waals surface area contributed by atoms with Crippen LogP contribution >= 0.6 is 0 Å². The fourth-order valence-corrected chi connectivity index (χ4v) is 4.28. The molecule has 3 aliphatic heterocycles. The van der Waals surface area contributed by atoms with Crippen molar-refractivity contribution in [3.8, 4) is 0 Å². The minimum absolute atomic E-state index is 0.175. The molecule has 25 heavy (non-hydrogen) atoms. The van der Waals surface area contributed by atoms with Crippen molar-refractivity contribution in [3.63, 3.8) is 0 Å². The van der Waals surface area contributed by atoms with Gasteiger partial charge in [-0.1, -0.05) is 30.3 Å². The maximum Gasteiger partial charge on any atom is 0.251 e. The van der Waals surface area contributed by atoms with Crippen molar-refractivity contribution in [3.05, 3.63) is 35.9 Å². The summed E-state index contributed by atoms with van der Waals surface area (Å²) in [6.07, 6.45) is 3.11. The monoisotopic (exact) mass is 344 g/mol. The summed E-state index contributed by atoms with van der Waals surface area (Å²) in [6, 6.07) is 10.6. The lowest BCUT2D eigenvalue weighted by atomic mass is 9.91. The van der Waals surface area contributed by atoms with Crippen molar-refractivity contribution in [2.75, 3.05) is 45.9 Å². The number of rotatable bonds is 4. The molecular formula is C20H28N2O3. The quantitative estimate of drug-likeness (QED) is 0.831. The predicted octanol–water partition coefficient (Wildman–Crippen LogP) is 1.57. The summed E-state index contributed by atoms with van der Waals surface area (Å²) in [6.45, 7) is 5.87. The molecule has 3 heterocycles. The van der Waals surface area contributed by atoms with Crippen LogP contribution < -0.4 is 0 Å². The van der Waals surface area contributed by atoms with Crippen LogP contribution in [0.1, 0.15) is 18.4 Å². The average Bonchev–Trinajstić information content (AvgIpc) is 3.10. The maximum atomic E-state index is 12.7. The molecular weight excluding hydrogens is 316 g/mol. The molecule has 0 aliphatic carbocycles. The first kappa shape index (κ1) is 17.0. The number of carbonyl (C=O) groups excluding carboxylic acids is 1. The molecule has 1 aromatic rings. The second-order valence-electron chi connectivity index (χ2n) is 7.42. The minimum atomic E-state index is -0.234. The Balaban J connectivity index is 1.28. The molecule has 0 N–H and O–H groups in total. The molecule has 0 aromatic heterocycles. The molecule has 0 radical (unpaired) electrons. The molecule has 0 unspecified atom stereocenters. The van der Waals surface area contributed by atoms with Crippen molar-refractivity contribution in [2.45, 2.75) is 31.5 Å². The second kappa shape index (κ2) is 7.85. The smallest absolute Gasteiger partial charge is 0.251 e. The number of nitrogens with zero attached hydrogens (tertiary/aromatic N) is 2. The van der Waals surface area contributed by atoms with Crippen molar-refractivity contribution in [2.24, 2.45) is 5.92 Å². The van der Waals surface area contributed by atoms with E-state index in [0.717, 1.165) is 38.9 Å². The Bertz CT molecular complexity index is 574. The number of fused-ring (bicyclic) bond motifs is 1. The van der Waals surface area contributed by atoms with Gasteiger partial charge in [-0.05, 0) is 37.3 Å². The van der Waals surface area contributed by atoms with E-state index >= 15 is 0 Å². The highest BCUT2D eigenvalue weighted by atomic mass is 16.5. The fourth-order valence-electron chi connectivity index (χ4n) is 4.28. The van der Waals surface area contributed by atoms with E-state index in [1.165, 1.54) is 5.56 Å². The summed E-state index contributed by atoms with van der Waals surface area (Å²) in [5, 5.41) is 0. The van der Waals surface area contributed by atoms with Crippen LogP contribution in [-0.4, -0.2) is 73.9 Å². The molecule has 136 valence electrons. The van der Waals surface area contributed by atoms with Crippen LogP contribution in [0.25, 0.3) is 0 Å². The SMILES string of the molecule is O=C([C@@H]1C[C@@H]2CCN(CCc3ccccc3)C[C@@H]2O1)N1CCOCC1. The predicted molar refractivity (Wildman–Crippen MR) is 95.4 cm³/mol. The van der Waals surface area contributed by atoms with Crippen molar-refractivity contribution in [1.29, 1.82) is 0 Å². The van der Waals surface area contributed by atoms with Gasteiger partial charge in [-0.2, -0.15) is 0 Å². The largest absolute Gasteiger partial charge is 0.378 e. The number of hydrogen-bond acceptors (Lipinski definition) is 4. The Morgan fingerprint density at radius 2 is 1.92 bits per heavy atom. The van der Waals surface area contributed by atoms with Gasteiger partial charge in [0.05, 0.1) is 19.3 Å². The molecule has 1 aromatic carbocycles. The molecule has 4 rings (SSSR count). The molecule has 0 saturated carbocycles. The lowest BCUT2D eigenvalue weighted by molar-refractivity contribution is -0.147. The van der Waals surface area contributed by atoms with Gasteiger partial charge >= 0.3 is 0 Å². The standard InChI is InChI=1S/C20H28N2O3/c23-20(22-10-12-24-13-11-22)18-14-17-7-9-21(15-19(17)25-18)8-6-16-4-2-1-3-5-16/h1-5,17-19H,6-15H2/t17-,18-,19-/m0/s1. The molecule has 5 nitrogen and oxygen atoms in total. The van der Waals surface area contributed by atoms with Gasteiger partial charge in [0.1, 0.15) is 6.10 Å². The third-order valence-corrected chi connectivity index (χ3v) is 5.79. The Labute approximate surface area is 149 Å². The van der Waals surface area contributed by atoms with E-state index in [1.807, 2.05) is 4.90 Å². The third kappa shape index (κ3) is 4.05. The Kier molecular flexibility index (Phi) is 5.34. The van der Waals surface area contributed by atoms with Crippen LogP contribution in [0.2, 0.25) is 0 Å². The number of morpholine rings is 1. The van der Waals surface area contributed by atoms with E-state index < -0.39 is 0 Å². The lowest BCUT2D eigenvalue weighted by Crippen LogP contribution is -2.46. The van der Waals surface area contributed by atoms with Crippen LogP contribution in [0, 0.1) is 5.92 Å². The lowest BCUT2D eigenvalue weighted by Gasteiger charge is -2.34. The first-order chi connectivity index (χ1) is 12.3. The molecule has 3 atom stereocenters. The van der Waals surface area contributed by atoms with Crippen molar-refractivity contribution < 1.29 is 14.3 Å². The Morgan fingerprint density at radius 3 is 2.72 bits per heavy atom. The van der Waals surface area contributed by atoms with Crippen molar-refractivity contribution in [1.82, 2.24) is 9.80 Å². The van der Waals surface area contributed by atoms with E-state index in [0.29, 0.717) is 32.2 Å². The van der Waals surface area contributed by atoms with Gasteiger partial charge < -0.3 is 19.3 Å². The van der Waals surface area contributed by atoms with E-state index in [2.05, 4.69) is 35.2 Å². The van der Waals surface area contributed by atoms with E-state index in [-0.39, 0.29) is 18.1 Å².